The van der Waals surface area contributed by atoms with Gasteiger partial charge in [-0.15, -0.1) is 11.3 Å². The molecule has 1 aliphatic heterocycles. The highest BCUT2D eigenvalue weighted by molar-refractivity contribution is 7.13. The van der Waals surface area contributed by atoms with Gasteiger partial charge in [-0.2, -0.15) is 0 Å². The first kappa shape index (κ1) is 20.1. The Balaban J connectivity index is 1.54. The summed E-state index contributed by atoms with van der Waals surface area (Å²) in [5.74, 6) is -0.436. The lowest BCUT2D eigenvalue weighted by molar-refractivity contribution is -0.384. The number of amides is 2. The maximum absolute atomic E-state index is 12.4. The van der Waals surface area contributed by atoms with E-state index in [0.29, 0.717) is 41.8 Å². The number of anilines is 1. The summed E-state index contributed by atoms with van der Waals surface area (Å²) in [6.45, 7) is 3.62. The Labute approximate surface area is 170 Å². The molecule has 0 spiro atoms. The molecule has 28 heavy (non-hydrogen) atoms. The van der Waals surface area contributed by atoms with E-state index in [2.05, 4.69) is 5.32 Å². The molecule has 0 saturated carbocycles. The van der Waals surface area contributed by atoms with Crippen molar-refractivity contribution in [2.45, 2.75) is 6.92 Å². The summed E-state index contributed by atoms with van der Waals surface area (Å²) in [5.41, 5.74) is 0.439. The second kappa shape index (κ2) is 8.57. The molecule has 2 amide bonds. The van der Waals surface area contributed by atoms with Crippen LogP contribution in [0.5, 0.6) is 0 Å². The van der Waals surface area contributed by atoms with Crippen LogP contribution >= 0.6 is 22.9 Å². The molecule has 1 aromatic carbocycles. The van der Waals surface area contributed by atoms with Crippen molar-refractivity contribution in [2.24, 2.45) is 0 Å². The molecular weight excluding hydrogens is 404 g/mol. The summed E-state index contributed by atoms with van der Waals surface area (Å²) in [5, 5.41) is 14.2. The summed E-state index contributed by atoms with van der Waals surface area (Å²) in [6.07, 6.45) is 0. The van der Waals surface area contributed by atoms with Gasteiger partial charge in [0.2, 0.25) is 5.91 Å². The minimum Gasteiger partial charge on any atom is -0.362 e. The Kier molecular flexibility index (Phi) is 6.15. The van der Waals surface area contributed by atoms with E-state index in [1.807, 2.05) is 17.9 Å². The average Bonchev–Trinajstić information content (AvgIpc) is 3.12. The monoisotopic (exact) mass is 422 g/mol. The van der Waals surface area contributed by atoms with Gasteiger partial charge in [0.05, 0.1) is 16.3 Å². The first-order chi connectivity index (χ1) is 13.3. The van der Waals surface area contributed by atoms with E-state index < -0.39 is 4.92 Å². The van der Waals surface area contributed by atoms with Gasteiger partial charge in [0.15, 0.2) is 0 Å². The molecule has 2 aromatic rings. The third-order valence-corrected chi connectivity index (χ3v) is 5.71. The van der Waals surface area contributed by atoms with Crippen molar-refractivity contribution < 1.29 is 14.5 Å². The van der Waals surface area contributed by atoms with E-state index in [0.717, 1.165) is 4.88 Å². The van der Waals surface area contributed by atoms with Crippen LogP contribution in [0.3, 0.4) is 0 Å². The van der Waals surface area contributed by atoms with E-state index in [9.17, 15) is 19.7 Å². The van der Waals surface area contributed by atoms with Crippen LogP contribution in [-0.4, -0.2) is 54.4 Å². The molecule has 0 radical (unpaired) electrons. The quantitative estimate of drug-likeness (QED) is 0.590. The van der Waals surface area contributed by atoms with Gasteiger partial charge in [-0.1, -0.05) is 11.6 Å². The zero-order valence-electron chi connectivity index (χ0n) is 15.2. The maximum Gasteiger partial charge on any atom is 0.294 e. The molecule has 2 heterocycles. The summed E-state index contributed by atoms with van der Waals surface area (Å²) < 4.78 is 0. The number of carbonyl (C=O) groups is 2. The van der Waals surface area contributed by atoms with Crippen LogP contribution in [-0.2, 0) is 4.79 Å². The molecular formula is C18H19ClN4O4S. The number of nitrogens with zero attached hydrogens (tertiary/aromatic N) is 3. The molecule has 0 unspecified atom stereocenters. The molecule has 3 rings (SSSR count). The van der Waals surface area contributed by atoms with E-state index in [-0.39, 0.29) is 24.0 Å². The highest BCUT2D eigenvalue weighted by atomic mass is 35.5. The number of thiophene rings is 1. The van der Waals surface area contributed by atoms with Crippen molar-refractivity contribution in [1.29, 1.82) is 0 Å². The largest absolute Gasteiger partial charge is 0.362 e. The fourth-order valence-corrected chi connectivity index (χ4v) is 3.97. The van der Waals surface area contributed by atoms with Crippen LogP contribution < -0.4 is 10.2 Å². The fourth-order valence-electron chi connectivity index (χ4n) is 3.02. The Morgan fingerprint density at radius 1 is 1.21 bits per heavy atom. The van der Waals surface area contributed by atoms with Crippen LogP contribution in [0, 0.1) is 17.0 Å². The van der Waals surface area contributed by atoms with Gasteiger partial charge in [-0.3, -0.25) is 19.7 Å². The Hall–Kier alpha value is -2.65. The Bertz CT molecular complexity index is 909. The molecule has 0 atom stereocenters. The highest BCUT2D eigenvalue weighted by Crippen LogP contribution is 2.31. The lowest BCUT2D eigenvalue weighted by Crippen LogP contribution is -2.51. The maximum atomic E-state index is 12.4. The SMILES string of the molecule is Cc1ccc(C(=O)NCC(=O)N2CCN(c3ccc(Cl)cc3[N+](=O)[O-])CC2)s1. The predicted octanol–water partition coefficient (Wildman–Crippen LogP) is 2.70. The summed E-state index contributed by atoms with van der Waals surface area (Å²) in [7, 11) is 0. The number of aryl methyl sites for hydroxylation is 1. The highest BCUT2D eigenvalue weighted by Gasteiger charge is 2.26. The molecule has 1 aromatic heterocycles. The smallest absolute Gasteiger partial charge is 0.294 e. The molecule has 1 fully saturated rings. The number of nitro groups is 1. The Morgan fingerprint density at radius 2 is 1.93 bits per heavy atom. The van der Waals surface area contributed by atoms with Crippen molar-refractivity contribution in [1.82, 2.24) is 10.2 Å². The number of nitro benzene ring substituents is 1. The van der Waals surface area contributed by atoms with Crippen molar-refractivity contribution in [3.8, 4) is 0 Å². The van der Waals surface area contributed by atoms with Crippen LogP contribution in [0.25, 0.3) is 0 Å². The number of hydrogen-bond donors (Lipinski definition) is 1. The standard InChI is InChI=1S/C18H19ClN4O4S/c1-12-2-5-16(28-12)18(25)20-11-17(24)22-8-6-21(7-9-22)14-4-3-13(19)10-15(14)23(26)27/h2-5,10H,6-9,11H2,1H3,(H,20,25). The lowest BCUT2D eigenvalue weighted by atomic mass is 10.2. The number of nitrogens with one attached hydrogen (secondary N) is 1. The predicted molar refractivity (Wildman–Crippen MR) is 108 cm³/mol. The van der Waals surface area contributed by atoms with Crippen molar-refractivity contribution >= 4 is 46.1 Å². The molecule has 148 valence electrons. The number of carbonyl (C=O) groups excluding carboxylic acids is 2. The first-order valence-electron chi connectivity index (χ1n) is 8.66. The van der Waals surface area contributed by atoms with Gasteiger partial charge in [-0.25, -0.2) is 0 Å². The molecule has 10 heteroatoms. The van der Waals surface area contributed by atoms with Crippen molar-refractivity contribution in [3.63, 3.8) is 0 Å². The molecule has 0 bridgehead atoms. The van der Waals surface area contributed by atoms with Gasteiger partial charge >= 0.3 is 0 Å². The summed E-state index contributed by atoms with van der Waals surface area (Å²) in [6, 6.07) is 8.16. The molecule has 0 aliphatic carbocycles. The third-order valence-electron chi connectivity index (χ3n) is 4.47. The van der Waals surface area contributed by atoms with Crippen LogP contribution in [0.1, 0.15) is 14.5 Å². The van der Waals surface area contributed by atoms with E-state index in [4.69, 9.17) is 11.6 Å². The Morgan fingerprint density at radius 3 is 2.54 bits per heavy atom. The summed E-state index contributed by atoms with van der Waals surface area (Å²) in [4.78, 5) is 40.4. The van der Waals surface area contributed by atoms with E-state index >= 15 is 0 Å². The van der Waals surface area contributed by atoms with E-state index in [1.54, 1.807) is 23.1 Å². The first-order valence-corrected chi connectivity index (χ1v) is 9.86. The number of halogens is 1. The average molecular weight is 423 g/mol. The number of hydrogen-bond acceptors (Lipinski definition) is 6. The van der Waals surface area contributed by atoms with Gasteiger partial charge in [0, 0.05) is 42.1 Å². The minimum absolute atomic E-state index is 0.0502. The van der Waals surface area contributed by atoms with Crippen LogP contribution in [0.4, 0.5) is 11.4 Å². The lowest BCUT2D eigenvalue weighted by Gasteiger charge is -2.35. The second-order valence-corrected chi connectivity index (χ2v) is 8.08. The molecule has 1 N–H and O–H groups in total. The van der Waals surface area contributed by atoms with Gasteiger partial charge in [-0.05, 0) is 31.2 Å². The minimum atomic E-state index is -0.458. The normalized spacial score (nSPS) is 14.1. The van der Waals surface area contributed by atoms with E-state index in [1.165, 1.54) is 17.4 Å². The number of rotatable bonds is 5. The zero-order valence-corrected chi connectivity index (χ0v) is 16.8. The fraction of sp³-hybridized carbons (Fsp3) is 0.333. The molecule has 8 nitrogen and oxygen atoms in total. The van der Waals surface area contributed by atoms with Gasteiger partial charge in [0.25, 0.3) is 11.6 Å². The number of piperazine rings is 1. The molecule has 1 aliphatic rings. The third kappa shape index (κ3) is 4.60. The topological polar surface area (TPSA) is 95.8 Å². The van der Waals surface area contributed by atoms with Gasteiger partial charge < -0.3 is 15.1 Å². The summed E-state index contributed by atoms with van der Waals surface area (Å²) >= 11 is 7.24. The zero-order chi connectivity index (χ0) is 20.3. The van der Waals surface area contributed by atoms with Crippen molar-refractivity contribution in [3.05, 3.63) is 55.2 Å². The van der Waals surface area contributed by atoms with Crippen LogP contribution in [0.15, 0.2) is 30.3 Å². The van der Waals surface area contributed by atoms with Crippen LogP contribution in [0.2, 0.25) is 5.02 Å². The van der Waals surface area contributed by atoms with Gasteiger partial charge in [0.1, 0.15) is 5.69 Å². The molecule has 1 saturated heterocycles. The van der Waals surface area contributed by atoms with Crippen molar-refractivity contribution in [2.75, 3.05) is 37.6 Å². The number of benzene rings is 1. The second-order valence-electron chi connectivity index (χ2n) is 6.35.